The van der Waals surface area contributed by atoms with Gasteiger partial charge in [-0.1, -0.05) is 12.1 Å². The second kappa shape index (κ2) is 4.38. The Labute approximate surface area is 94.5 Å². The summed E-state index contributed by atoms with van der Waals surface area (Å²) in [6, 6.07) is 4.90. The van der Waals surface area contributed by atoms with Gasteiger partial charge in [-0.3, -0.25) is 4.79 Å². The first kappa shape index (κ1) is 12.3. The van der Waals surface area contributed by atoms with E-state index < -0.39 is 20.9 Å². The van der Waals surface area contributed by atoms with E-state index in [0.717, 1.165) is 6.07 Å². The second-order valence-electron chi connectivity index (χ2n) is 2.74. The summed E-state index contributed by atoms with van der Waals surface area (Å²) in [7, 11) is -3.87. The van der Waals surface area contributed by atoms with Crippen LogP contribution in [0.5, 0.6) is 0 Å². The van der Waals surface area contributed by atoms with Crippen LogP contribution in [-0.2, 0) is 10.0 Å². The third kappa shape index (κ3) is 3.08. The smallest absolute Gasteiger partial charge is 0.238 e. The lowest BCUT2D eigenvalue weighted by Gasteiger charge is -2.02. The molecule has 15 heavy (non-hydrogen) atoms. The van der Waals surface area contributed by atoms with Gasteiger partial charge in [0.05, 0.1) is 4.90 Å². The van der Waals surface area contributed by atoms with Gasteiger partial charge in [-0.25, -0.2) is 17.9 Å². The van der Waals surface area contributed by atoms with Crippen LogP contribution in [0.3, 0.4) is 0 Å². The number of halogens is 2. The summed E-state index contributed by atoms with van der Waals surface area (Å²) in [6.45, 7) is 0. The number of Topliss-reactive ketones (excluding diaryl/α,β-unsaturated/α-hetero) is 1. The topological polar surface area (TPSA) is 77.2 Å². The second-order valence-corrected chi connectivity index (χ2v) is 5.10. The first-order valence-electron chi connectivity index (χ1n) is 3.77. The van der Waals surface area contributed by atoms with E-state index in [2.05, 4.69) is 15.9 Å². The van der Waals surface area contributed by atoms with E-state index in [1.54, 1.807) is 0 Å². The third-order valence-electron chi connectivity index (χ3n) is 1.65. The average molecular weight is 296 g/mol. The van der Waals surface area contributed by atoms with Crippen LogP contribution >= 0.6 is 15.9 Å². The number of hydrogen-bond donors (Lipinski definition) is 1. The first-order valence-corrected chi connectivity index (χ1v) is 6.24. The number of rotatable bonds is 3. The van der Waals surface area contributed by atoms with Crippen molar-refractivity contribution in [2.45, 2.75) is 9.98 Å². The van der Waals surface area contributed by atoms with Crippen LogP contribution in [0.15, 0.2) is 29.2 Å². The standard InChI is InChI=1S/C8H7BrFNO3S/c9-8(10)7(12)5-2-1-3-6(4-5)15(11,13)14/h1-4,8H,(H2,11,13,14). The van der Waals surface area contributed by atoms with E-state index in [0.29, 0.717) is 0 Å². The fraction of sp³-hybridized carbons (Fsp3) is 0.125. The number of hydrogen-bond acceptors (Lipinski definition) is 3. The molecule has 1 aromatic rings. The minimum atomic E-state index is -3.87. The van der Waals surface area contributed by atoms with Crippen LogP contribution in [0.1, 0.15) is 10.4 Å². The average Bonchev–Trinajstić information content (AvgIpc) is 2.15. The molecule has 0 aromatic heterocycles. The van der Waals surface area contributed by atoms with Gasteiger partial charge in [0.2, 0.25) is 20.9 Å². The van der Waals surface area contributed by atoms with Crippen molar-refractivity contribution in [3.8, 4) is 0 Å². The van der Waals surface area contributed by atoms with Gasteiger partial charge in [0, 0.05) is 5.56 Å². The van der Waals surface area contributed by atoms with E-state index in [-0.39, 0.29) is 10.5 Å². The zero-order valence-corrected chi connectivity index (χ0v) is 9.76. The summed E-state index contributed by atoms with van der Waals surface area (Å²) >= 11 is 2.45. The summed E-state index contributed by atoms with van der Waals surface area (Å²) in [4.78, 5) is 10.9. The molecule has 2 N–H and O–H groups in total. The van der Waals surface area contributed by atoms with Crippen LogP contribution in [0.25, 0.3) is 0 Å². The minimum Gasteiger partial charge on any atom is -0.290 e. The molecule has 82 valence electrons. The Balaban J connectivity index is 3.20. The normalized spacial score (nSPS) is 13.5. The predicted molar refractivity (Wildman–Crippen MR) is 56.0 cm³/mol. The summed E-state index contributed by atoms with van der Waals surface area (Å²) in [5.74, 6) is -0.847. The molecule has 1 rings (SSSR count). The number of sulfonamides is 1. The van der Waals surface area contributed by atoms with Crippen LogP contribution < -0.4 is 5.14 Å². The number of benzene rings is 1. The van der Waals surface area contributed by atoms with E-state index >= 15 is 0 Å². The first-order chi connectivity index (χ1) is 6.82. The molecule has 0 aliphatic heterocycles. The van der Waals surface area contributed by atoms with Crippen molar-refractivity contribution in [2.24, 2.45) is 5.14 Å². The maximum atomic E-state index is 12.6. The highest BCUT2D eigenvalue weighted by Crippen LogP contribution is 2.15. The Morgan fingerprint density at radius 2 is 2.07 bits per heavy atom. The Kier molecular flexibility index (Phi) is 3.58. The molecule has 1 aromatic carbocycles. The van der Waals surface area contributed by atoms with E-state index in [9.17, 15) is 17.6 Å². The van der Waals surface area contributed by atoms with Crippen LogP contribution in [0, 0.1) is 0 Å². The molecule has 0 amide bonds. The molecular weight excluding hydrogens is 289 g/mol. The lowest BCUT2D eigenvalue weighted by Crippen LogP contribution is -2.14. The van der Waals surface area contributed by atoms with Crippen LogP contribution in [0.4, 0.5) is 4.39 Å². The fourth-order valence-corrected chi connectivity index (χ4v) is 1.78. The summed E-state index contributed by atoms with van der Waals surface area (Å²) in [5, 5.41) is 3.00. The summed E-state index contributed by atoms with van der Waals surface area (Å²) in [6.07, 6.45) is 0. The number of carbonyl (C=O) groups is 1. The molecule has 0 fully saturated rings. The molecule has 0 saturated carbocycles. The van der Waals surface area contributed by atoms with Gasteiger partial charge in [0.1, 0.15) is 0 Å². The van der Waals surface area contributed by atoms with Gasteiger partial charge in [0.15, 0.2) is 0 Å². The Morgan fingerprint density at radius 3 is 2.53 bits per heavy atom. The largest absolute Gasteiger partial charge is 0.290 e. The third-order valence-corrected chi connectivity index (χ3v) is 2.97. The number of carbonyl (C=O) groups excluding carboxylic acids is 1. The van der Waals surface area contributed by atoms with E-state index in [1.165, 1.54) is 18.2 Å². The van der Waals surface area contributed by atoms with Crippen molar-refractivity contribution in [2.75, 3.05) is 0 Å². The molecule has 4 nitrogen and oxygen atoms in total. The summed E-state index contributed by atoms with van der Waals surface area (Å²) in [5.41, 5.74) is -0.0501. The number of primary sulfonamides is 1. The maximum Gasteiger partial charge on any atom is 0.238 e. The van der Waals surface area contributed by atoms with E-state index in [4.69, 9.17) is 5.14 Å². The molecule has 0 saturated heterocycles. The zero-order chi connectivity index (χ0) is 11.6. The Morgan fingerprint density at radius 1 is 1.47 bits per heavy atom. The predicted octanol–water partition coefficient (Wildman–Crippen LogP) is 1.21. The fourth-order valence-electron chi connectivity index (χ4n) is 0.952. The van der Waals surface area contributed by atoms with Gasteiger partial charge in [-0.05, 0) is 28.1 Å². The molecule has 0 spiro atoms. The van der Waals surface area contributed by atoms with Crippen molar-refractivity contribution >= 4 is 31.7 Å². The SMILES string of the molecule is NS(=O)(=O)c1cccc(C(=O)C(F)Br)c1. The molecule has 1 unspecified atom stereocenters. The van der Waals surface area contributed by atoms with Crippen molar-refractivity contribution in [3.63, 3.8) is 0 Å². The summed E-state index contributed by atoms with van der Waals surface area (Å²) < 4.78 is 34.5. The monoisotopic (exact) mass is 295 g/mol. The van der Waals surface area contributed by atoms with Crippen molar-refractivity contribution in [1.29, 1.82) is 0 Å². The highest BCUT2D eigenvalue weighted by molar-refractivity contribution is 9.09. The Bertz CT molecular complexity index is 486. The van der Waals surface area contributed by atoms with Crippen LogP contribution in [-0.4, -0.2) is 19.3 Å². The van der Waals surface area contributed by atoms with Crippen LogP contribution in [0.2, 0.25) is 0 Å². The van der Waals surface area contributed by atoms with Gasteiger partial charge >= 0.3 is 0 Å². The van der Waals surface area contributed by atoms with Gasteiger partial charge in [-0.15, -0.1) is 0 Å². The Hall–Kier alpha value is -0.790. The molecule has 7 heteroatoms. The number of alkyl halides is 2. The number of ketones is 1. The highest BCUT2D eigenvalue weighted by atomic mass is 79.9. The molecule has 0 aliphatic carbocycles. The zero-order valence-electron chi connectivity index (χ0n) is 7.35. The molecular formula is C8H7BrFNO3S. The van der Waals surface area contributed by atoms with Crippen molar-refractivity contribution in [3.05, 3.63) is 29.8 Å². The van der Waals surface area contributed by atoms with Crippen molar-refractivity contribution in [1.82, 2.24) is 0 Å². The molecule has 0 bridgehead atoms. The maximum absolute atomic E-state index is 12.6. The molecule has 0 aliphatic rings. The molecule has 0 radical (unpaired) electrons. The van der Waals surface area contributed by atoms with Gasteiger partial charge < -0.3 is 0 Å². The van der Waals surface area contributed by atoms with Gasteiger partial charge in [0.25, 0.3) is 0 Å². The minimum absolute atomic E-state index is 0.0501. The lowest BCUT2D eigenvalue weighted by molar-refractivity contribution is 0.0942. The highest BCUT2D eigenvalue weighted by Gasteiger charge is 2.17. The van der Waals surface area contributed by atoms with Crippen molar-refractivity contribution < 1.29 is 17.6 Å². The number of nitrogens with two attached hydrogens (primary N) is 1. The lowest BCUT2D eigenvalue weighted by atomic mass is 10.1. The molecule has 1 atom stereocenters. The van der Waals surface area contributed by atoms with E-state index in [1.807, 2.05) is 0 Å². The molecule has 0 heterocycles. The van der Waals surface area contributed by atoms with Gasteiger partial charge in [-0.2, -0.15) is 0 Å². The quantitative estimate of drug-likeness (QED) is 0.672.